The topological polar surface area (TPSA) is 83.6 Å². The molecule has 1 saturated heterocycles. The minimum Gasteiger partial charge on any atom is -0.481 e. The molecule has 2 atom stereocenters. The lowest BCUT2D eigenvalue weighted by molar-refractivity contribution is -0.142. The van der Waals surface area contributed by atoms with Crippen LogP contribution in [0.2, 0.25) is 0 Å². The number of piperidine rings is 1. The van der Waals surface area contributed by atoms with Gasteiger partial charge in [0.2, 0.25) is 5.91 Å². The Labute approximate surface area is 130 Å². The van der Waals surface area contributed by atoms with Crippen LogP contribution in [0.25, 0.3) is 0 Å². The van der Waals surface area contributed by atoms with Gasteiger partial charge in [0.25, 0.3) is 0 Å². The first-order valence-corrected chi connectivity index (χ1v) is 7.84. The third-order valence-electron chi connectivity index (χ3n) is 5.23. The van der Waals surface area contributed by atoms with E-state index in [1.54, 1.807) is 0 Å². The molecular weight excluding hydrogens is 280 g/mol. The normalized spacial score (nSPS) is 26.5. The lowest BCUT2D eigenvalue weighted by Crippen LogP contribution is -2.49. The number of benzene rings is 1. The lowest BCUT2D eigenvalue weighted by Gasteiger charge is -2.41. The molecule has 1 aliphatic heterocycles. The quantitative estimate of drug-likeness (QED) is 0.876. The number of hydrogen-bond acceptors (Lipinski definition) is 3. The standard InChI is InChI=1S/C17H22N2O3/c18-11-17(12-4-2-1-3-5-12)6-8-19(9-7-17)15(20)13-10-14(13)16(21)22/h1-5,13-14H,6-11,18H2,(H,21,22)/t13-,14-/m1/s1. The van der Waals surface area contributed by atoms with E-state index in [2.05, 4.69) is 12.1 Å². The summed E-state index contributed by atoms with van der Waals surface area (Å²) in [5.41, 5.74) is 7.22. The number of nitrogens with two attached hydrogens (primary N) is 1. The Hall–Kier alpha value is -1.88. The van der Waals surface area contributed by atoms with Crippen LogP contribution in [0.15, 0.2) is 30.3 Å². The highest BCUT2D eigenvalue weighted by Gasteiger charge is 2.50. The molecule has 1 aromatic carbocycles. The van der Waals surface area contributed by atoms with Crippen LogP contribution in [0.4, 0.5) is 0 Å². The van der Waals surface area contributed by atoms with Crippen molar-refractivity contribution >= 4 is 11.9 Å². The Kier molecular flexibility index (Phi) is 3.91. The van der Waals surface area contributed by atoms with E-state index in [1.165, 1.54) is 5.56 Å². The van der Waals surface area contributed by atoms with Crippen molar-refractivity contribution in [3.8, 4) is 0 Å². The zero-order chi connectivity index (χ0) is 15.7. The average Bonchev–Trinajstić information content (AvgIpc) is 3.36. The molecule has 1 heterocycles. The molecule has 1 aliphatic carbocycles. The second kappa shape index (κ2) is 5.72. The van der Waals surface area contributed by atoms with E-state index in [0.29, 0.717) is 26.1 Å². The molecular formula is C17H22N2O3. The molecule has 1 amide bonds. The molecule has 0 radical (unpaired) electrons. The highest BCUT2D eigenvalue weighted by atomic mass is 16.4. The Balaban J connectivity index is 1.65. The van der Waals surface area contributed by atoms with Crippen LogP contribution in [-0.4, -0.2) is 41.5 Å². The van der Waals surface area contributed by atoms with Crippen LogP contribution in [0.5, 0.6) is 0 Å². The summed E-state index contributed by atoms with van der Waals surface area (Å²) in [6.45, 7) is 1.89. The van der Waals surface area contributed by atoms with Crippen molar-refractivity contribution in [3.63, 3.8) is 0 Å². The molecule has 0 spiro atoms. The Morgan fingerprint density at radius 3 is 2.32 bits per heavy atom. The van der Waals surface area contributed by atoms with Gasteiger partial charge in [-0.1, -0.05) is 30.3 Å². The van der Waals surface area contributed by atoms with Crippen molar-refractivity contribution in [2.24, 2.45) is 17.6 Å². The Morgan fingerprint density at radius 2 is 1.82 bits per heavy atom. The number of aliphatic carboxylic acids is 1. The lowest BCUT2D eigenvalue weighted by atomic mass is 9.73. The highest BCUT2D eigenvalue weighted by molar-refractivity contribution is 5.89. The Bertz CT molecular complexity index is 565. The number of hydrogen-bond donors (Lipinski definition) is 2. The molecule has 118 valence electrons. The van der Waals surface area contributed by atoms with E-state index in [1.807, 2.05) is 23.1 Å². The number of carbonyl (C=O) groups excluding carboxylic acids is 1. The highest BCUT2D eigenvalue weighted by Crippen LogP contribution is 2.42. The molecule has 22 heavy (non-hydrogen) atoms. The van der Waals surface area contributed by atoms with E-state index < -0.39 is 11.9 Å². The average molecular weight is 302 g/mol. The van der Waals surface area contributed by atoms with E-state index >= 15 is 0 Å². The van der Waals surface area contributed by atoms with Gasteiger partial charge in [-0.3, -0.25) is 9.59 Å². The third-order valence-corrected chi connectivity index (χ3v) is 5.23. The summed E-state index contributed by atoms with van der Waals surface area (Å²) in [6, 6.07) is 10.2. The largest absolute Gasteiger partial charge is 0.481 e. The summed E-state index contributed by atoms with van der Waals surface area (Å²) < 4.78 is 0. The van der Waals surface area contributed by atoms with Crippen molar-refractivity contribution in [1.82, 2.24) is 4.90 Å². The van der Waals surface area contributed by atoms with Gasteiger partial charge in [0, 0.05) is 25.0 Å². The summed E-state index contributed by atoms with van der Waals surface area (Å²) in [7, 11) is 0. The number of rotatable bonds is 4. The number of nitrogens with zero attached hydrogens (tertiary/aromatic N) is 1. The van der Waals surface area contributed by atoms with Crippen molar-refractivity contribution in [2.75, 3.05) is 19.6 Å². The maximum atomic E-state index is 12.3. The van der Waals surface area contributed by atoms with Gasteiger partial charge in [0.15, 0.2) is 0 Å². The van der Waals surface area contributed by atoms with Crippen molar-refractivity contribution in [3.05, 3.63) is 35.9 Å². The molecule has 1 aromatic rings. The van der Waals surface area contributed by atoms with Crippen molar-refractivity contribution < 1.29 is 14.7 Å². The number of amides is 1. The summed E-state index contributed by atoms with van der Waals surface area (Å²) in [5.74, 6) is -1.62. The van der Waals surface area contributed by atoms with Gasteiger partial charge in [0.1, 0.15) is 0 Å². The summed E-state index contributed by atoms with van der Waals surface area (Å²) in [6.07, 6.45) is 2.17. The second-order valence-electron chi connectivity index (χ2n) is 6.46. The molecule has 0 unspecified atom stereocenters. The fraction of sp³-hybridized carbons (Fsp3) is 0.529. The fourth-order valence-corrected chi connectivity index (χ4v) is 3.53. The van der Waals surface area contributed by atoms with Gasteiger partial charge >= 0.3 is 5.97 Å². The van der Waals surface area contributed by atoms with E-state index in [-0.39, 0.29) is 17.2 Å². The monoisotopic (exact) mass is 302 g/mol. The van der Waals surface area contributed by atoms with Gasteiger partial charge in [-0.25, -0.2) is 0 Å². The van der Waals surface area contributed by atoms with E-state index in [4.69, 9.17) is 10.8 Å². The molecule has 3 rings (SSSR count). The van der Waals surface area contributed by atoms with Gasteiger partial charge in [-0.15, -0.1) is 0 Å². The predicted octanol–water partition coefficient (Wildman–Crippen LogP) is 1.23. The first-order chi connectivity index (χ1) is 10.6. The minimum atomic E-state index is -0.851. The zero-order valence-electron chi connectivity index (χ0n) is 12.6. The van der Waals surface area contributed by atoms with Crippen LogP contribution < -0.4 is 5.73 Å². The van der Waals surface area contributed by atoms with Crippen LogP contribution in [0, 0.1) is 11.8 Å². The summed E-state index contributed by atoms with van der Waals surface area (Å²) in [4.78, 5) is 25.1. The molecule has 5 nitrogen and oxygen atoms in total. The number of likely N-dealkylation sites (tertiary alicyclic amines) is 1. The molecule has 1 saturated carbocycles. The Morgan fingerprint density at radius 1 is 1.18 bits per heavy atom. The first kappa shape index (κ1) is 15.0. The molecule has 2 aliphatic rings. The van der Waals surface area contributed by atoms with Gasteiger partial charge in [-0.2, -0.15) is 0 Å². The molecule has 3 N–H and O–H groups in total. The summed E-state index contributed by atoms with van der Waals surface area (Å²) >= 11 is 0. The van der Waals surface area contributed by atoms with Crippen molar-refractivity contribution in [1.29, 1.82) is 0 Å². The number of carboxylic acids is 1. The van der Waals surface area contributed by atoms with E-state index in [9.17, 15) is 9.59 Å². The molecule has 2 fully saturated rings. The minimum absolute atomic E-state index is 0.00563. The van der Waals surface area contributed by atoms with Crippen molar-refractivity contribution in [2.45, 2.75) is 24.7 Å². The maximum absolute atomic E-state index is 12.3. The molecule has 5 heteroatoms. The SMILES string of the molecule is NCC1(c2ccccc2)CCN(C(=O)[C@@H]2C[C@H]2C(=O)O)CC1. The third kappa shape index (κ3) is 2.61. The fourth-order valence-electron chi connectivity index (χ4n) is 3.53. The van der Waals surface area contributed by atoms with Gasteiger partial charge < -0.3 is 15.7 Å². The van der Waals surface area contributed by atoms with Gasteiger partial charge in [-0.05, 0) is 24.8 Å². The molecule has 0 bridgehead atoms. The smallest absolute Gasteiger partial charge is 0.307 e. The van der Waals surface area contributed by atoms with Crippen LogP contribution in [0.3, 0.4) is 0 Å². The van der Waals surface area contributed by atoms with Crippen LogP contribution in [0.1, 0.15) is 24.8 Å². The van der Waals surface area contributed by atoms with E-state index in [0.717, 1.165) is 12.8 Å². The van der Waals surface area contributed by atoms with Crippen LogP contribution >= 0.6 is 0 Å². The maximum Gasteiger partial charge on any atom is 0.307 e. The zero-order valence-corrected chi connectivity index (χ0v) is 12.6. The number of carboxylic acid groups (broad SMARTS) is 1. The number of carbonyl (C=O) groups is 2. The predicted molar refractivity (Wildman–Crippen MR) is 82.2 cm³/mol. The van der Waals surface area contributed by atoms with Gasteiger partial charge in [0.05, 0.1) is 11.8 Å². The summed E-state index contributed by atoms with van der Waals surface area (Å²) in [5, 5.41) is 8.95. The molecule has 0 aromatic heterocycles. The van der Waals surface area contributed by atoms with Crippen LogP contribution in [-0.2, 0) is 15.0 Å². The first-order valence-electron chi connectivity index (χ1n) is 7.84. The second-order valence-corrected chi connectivity index (χ2v) is 6.46.